The number of aliphatic carboxylic acids is 1. The Hall–Kier alpha value is -0.350. The molecule has 3 nitrogen and oxygen atoms in total. The van der Waals surface area contributed by atoms with E-state index in [-0.39, 0.29) is 11.4 Å². The van der Waals surface area contributed by atoms with Crippen LogP contribution in [0.3, 0.4) is 0 Å². The quantitative estimate of drug-likeness (QED) is 0.505. The lowest BCUT2D eigenvalue weighted by atomic mass is 10.4. The molecule has 0 bridgehead atoms. The highest BCUT2D eigenvalue weighted by atomic mass is 79.9. The molecule has 0 aromatic carbocycles. The maximum atomic E-state index is 9.83. The highest BCUT2D eigenvalue weighted by molar-refractivity contribution is 9.09. The first kappa shape index (κ1) is 8.65. The van der Waals surface area contributed by atoms with E-state index >= 15 is 0 Å². The summed E-state index contributed by atoms with van der Waals surface area (Å²) in [6.07, 6.45) is 2.35. The van der Waals surface area contributed by atoms with Gasteiger partial charge in [0.25, 0.3) is 0 Å². The number of carbonyl (C=O) groups is 1. The fourth-order valence-corrected chi connectivity index (χ4v) is 0.400. The van der Waals surface area contributed by atoms with Crippen molar-refractivity contribution < 1.29 is 15.0 Å². The lowest BCUT2D eigenvalue weighted by Gasteiger charge is -1.93. The Morgan fingerprint density at radius 1 is 1.78 bits per heavy atom. The van der Waals surface area contributed by atoms with Gasteiger partial charge in [-0.1, -0.05) is 22.0 Å². The molecule has 0 amide bonds. The van der Waals surface area contributed by atoms with E-state index in [1.807, 2.05) is 0 Å². The highest BCUT2D eigenvalue weighted by Gasteiger charge is 1.94. The smallest absolute Gasteiger partial charge is 0.328 e. The van der Waals surface area contributed by atoms with Crippen LogP contribution in [0, 0.1) is 0 Å². The van der Waals surface area contributed by atoms with Crippen LogP contribution in [-0.4, -0.2) is 27.6 Å². The lowest BCUT2D eigenvalue weighted by Crippen LogP contribution is -1.99. The van der Waals surface area contributed by atoms with E-state index in [4.69, 9.17) is 10.2 Å². The summed E-state index contributed by atoms with van der Waals surface area (Å²) in [4.78, 5) is 9.57. The van der Waals surface area contributed by atoms with E-state index in [1.165, 1.54) is 6.08 Å². The van der Waals surface area contributed by atoms with E-state index in [2.05, 4.69) is 15.9 Å². The molecule has 0 fully saturated rings. The molecule has 0 radical (unpaired) electrons. The third kappa shape index (κ3) is 5.52. The maximum Gasteiger partial charge on any atom is 0.328 e. The molecule has 1 unspecified atom stereocenters. The van der Waals surface area contributed by atoms with Crippen molar-refractivity contribution in [3.8, 4) is 0 Å². The van der Waals surface area contributed by atoms with Gasteiger partial charge >= 0.3 is 5.97 Å². The van der Waals surface area contributed by atoms with Crippen molar-refractivity contribution in [1.29, 1.82) is 0 Å². The normalized spacial score (nSPS) is 14.0. The number of rotatable bonds is 3. The standard InChI is InChI=1S/C5H7BrO3/c6-4(3-7)1-2-5(8)9/h1-2,4,7H,3H2,(H,8,9). The zero-order chi connectivity index (χ0) is 7.28. The number of carboxylic acid groups (broad SMARTS) is 1. The first-order chi connectivity index (χ1) is 4.16. The molecule has 0 rings (SSSR count). The summed E-state index contributed by atoms with van der Waals surface area (Å²) < 4.78 is 0. The molecule has 0 heterocycles. The van der Waals surface area contributed by atoms with E-state index in [0.29, 0.717) is 0 Å². The van der Waals surface area contributed by atoms with E-state index < -0.39 is 5.97 Å². The monoisotopic (exact) mass is 194 g/mol. The molecule has 0 aliphatic carbocycles. The third-order valence-corrected chi connectivity index (χ3v) is 1.22. The molecule has 4 heteroatoms. The van der Waals surface area contributed by atoms with E-state index in [0.717, 1.165) is 6.08 Å². The topological polar surface area (TPSA) is 57.5 Å². The van der Waals surface area contributed by atoms with Gasteiger partial charge in [0.05, 0.1) is 11.4 Å². The van der Waals surface area contributed by atoms with E-state index in [1.54, 1.807) is 0 Å². The van der Waals surface area contributed by atoms with Gasteiger partial charge in [0.1, 0.15) is 0 Å². The molecule has 0 aromatic heterocycles. The molecule has 2 N–H and O–H groups in total. The average Bonchev–Trinajstić information content (AvgIpc) is 1.83. The fourth-order valence-electron chi connectivity index (χ4n) is 0.248. The number of carboxylic acids is 1. The average molecular weight is 195 g/mol. The largest absolute Gasteiger partial charge is 0.478 e. The van der Waals surface area contributed by atoms with Crippen LogP contribution in [0.25, 0.3) is 0 Å². The molecular formula is C5H7BrO3. The Morgan fingerprint density at radius 2 is 2.33 bits per heavy atom. The fraction of sp³-hybridized carbons (Fsp3) is 0.400. The Morgan fingerprint density at radius 3 is 2.67 bits per heavy atom. The van der Waals surface area contributed by atoms with Gasteiger partial charge in [-0.15, -0.1) is 0 Å². The number of hydrogen-bond donors (Lipinski definition) is 2. The van der Waals surface area contributed by atoms with Crippen LogP contribution in [0.4, 0.5) is 0 Å². The van der Waals surface area contributed by atoms with Crippen LogP contribution < -0.4 is 0 Å². The van der Waals surface area contributed by atoms with Crippen molar-refractivity contribution >= 4 is 21.9 Å². The molecule has 52 valence electrons. The molecule has 0 saturated carbocycles. The molecule has 1 atom stereocenters. The first-order valence-corrected chi connectivity index (χ1v) is 3.24. The maximum absolute atomic E-state index is 9.83. The zero-order valence-corrected chi connectivity index (χ0v) is 6.21. The minimum Gasteiger partial charge on any atom is -0.478 e. The van der Waals surface area contributed by atoms with Gasteiger partial charge in [0, 0.05) is 6.08 Å². The molecule has 9 heavy (non-hydrogen) atoms. The predicted molar refractivity (Wildman–Crippen MR) is 36.6 cm³/mol. The van der Waals surface area contributed by atoms with Gasteiger partial charge in [-0.2, -0.15) is 0 Å². The van der Waals surface area contributed by atoms with E-state index in [9.17, 15) is 4.79 Å². The van der Waals surface area contributed by atoms with Crippen molar-refractivity contribution in [3.05, 3.63) is 12.2 Å². The number of aliphatic hydroxyl groups is 1. The van der Waals surface area contributed by atoms with Gasteiger partial charge < -0.3 is 10.2 Å². The summed E-state index contributed by atoms with van der Waals surface area (Å²) in [6, 6.07) is 0. The molecule has 0 spiro atoms. The van der Waals surface area contributed by atoms with Gasteiger partial charge in [-0.3, -0.25) is 0 Å². The second-order valence-electron chi connectivity index (χ2n) is 1.40. The number of halogens is 1. The third-order valence-electron chi connectivity index (χ3n) is 0.622. The predicted octanol–water partition coefficient (Wildman–Crippen LogP) is 0.383. The van der Waals surface area contributed by atoms with Crippen molar-refractivity contribution in [3.63, 3.8) is 0 Å². The summed E-state index contributed by atoms with van der Waals surface area (Å²) in [5, 5.41) is 16.4. The number of alkyl halides is 1. The second-order valence-corrected chi connectivity index (χ2v) is 2.57. The van der Waals surface area contributed by atoms with Gasteiger partial charge in [0.2, 0.25) is 0 Å². The van der Waals surface area contributed by atoms with Crippen LogP contribution >= 0.6 is 15.9 Å². The summed E-state index contributed by atoms with van der Waals surface area (Å²) in [5.41, 5.74) is 0. The van der Waals surface area contributed by atoms with Crippen LogP contribution in [0.2, 0.25) is 0 Å². The minimum atomic E-state index is -1.01. The summed E-state index contributed by atoms with van der Waals surface area (Å²) in [6.45, 7) is -0.0935. The summed E-state index contributed by atoms with van der Waals surface area (Å²) in [5.74, 6) is -1.01. The van der Waals surface area contributed by atoms with Crippen LogP contribution in [0.1, 0.15) is 0 Å². The lowest BCUT2D eigenvalue weighted by molar-refractivity contribution is -0.131. The second kappa shape index (κ2) is 4.52. The Balaban J connectivity index is 3.56. The summed E-state index contributed by atoms with van der Waals surface area (Å²) in [7, 11) is 0. The van der Waals surface area contributed by atoms with Crippen molar-refractivity contribution in [1.82, 2.24) is 0 Å². The molecule has 0 saturated heterocycles. The van der Waals surface area contributed by atoms with Crippen molar-refractivity contribution in [2.24, 2.45) is 0 Å². The van der Waals surface area contributed by atoms with Crippen LogP contribution in [0.5, 0.6) is 0 Å². The van der Waals surface area contributed by atoms with Gasteiger partial charge in [-0.05, 0) is 0 Å². The van der Waals surface area contributed by atoms with Gasteiger partial charge in [0.15, 0.2) is 0 Å². The Bertz CT molecular complexity index is 121. The number of hydrogen-bond acceptors (Lipinski definition) is 2. The summed E-state index contributed by atoms with van der Waals surface area (Å²) >= 11 is 3.01. The Kier molecular flexibility index (Phi) is 4.35. The van der Waals surface area contributed by atoms with Crippen molar-refractivity contribution in [2.75, 3.05) is 6.61 Å². The zero-order valence-electron chi connectivity index (χ0n) is 4.62. The Labute approximate surface area is 61.1 Å². The van der Waals surface area contributed by atoms with Crippen molar-refractivity contribution in [2.45, 2.75) is 4.83 Å². The molecular weight excluding hydrogens is 188 g/mol. The number of aliphatic hydroxyl groups excluding tert-OH is 1. The first-order valence-electron chi connectivity index (χ1n) is 2.33. The van der Waals surface area contributed by atoms with Crippen LogP contribution in [0.15, 0.2) is 12.2 Å². The minimum absolute atomic E-state index is 0.0935. The molecule has 0 aliphatic rings. The molecule has 0 aromatic rings. The van der Waals surface area contributed by atoms with Gasteiger partial charge in [-0.25, -0.2) is 4.79 Å². The SMILES string of the molecule is O=C(O)C=CC(Br)CO. The highest BCUT2D eigenvalue weighted by Crippen LogP contribution is 1.98. The van der Waals surface area contributed by atoms with Crippen LogP contribution in [-0.2, 0) is 4.79 Å². The molecule has 0 aliphatic heterocycles.